The van der Waals surface area contributed by atoms with E-state index in [1.54, 1.807) is 18.4 Å². The molecule has 1 fully saturated rings. The molecule has 1 N–H and O–H groups in total. The van der Waals surface area contributed by atoms with Gasteiger partial charge in [0.15, 0.2) is 0 Å². The number of amides is 1. The first-order chi connectivity index (χ1) is 9.22. The molecule has 0 spiro atoms. The number of nitrogens with zero attached hydrogens (tertiary/aromatic N) is 1. The van der Waals surface area contributed by atoms with Gasteiger partial charge in [0.25, 0.3) is 0 Å². The number of carbonyl (C=O) groups is 1. The summed E-state index contributed by atoms with van der Waals surface area (Å²) in [5, 5.41) is 10.1. The Morgan fingerprint density at radius 1 is 1.68 bits per heavy atom. The summed E-state index contributed by atoms with van der Waals surface area (Å²) in [6.07, 6.45) is 3.32. The average Bonchev–Trinajstić information content (AvgIpc) is 3.06. The third-order valence-corrected chi connectivity index (χ3v) is 3.49. The normalized spacial score (nSPS) is 20.7. The van der Waals surface area contributed by atoms with Crippen LogP contribution >= 0.6 is 0 Å². The lowest BCUT2D eigenvalue weighted by atomic mass is 10.1. The molecule has 0 aromatic carbocycles. The number of furan rings is 1. The third-order valence-electron chi connectivity index (χ3n) is 3.49. The Morgan fingerprint density at radius 2 is 2.53 bits per heavy atom. The number of hydrogen-bond donors (Lipinski definition) is 1. The molecule has 1 aromatic heterocycles. The zero-order valence-electron chi connectivity index (χ0n) is 11.2. The van der Waals surface area contributed by atoms with Crippen LogP contribution in [0.15, 0.2) is 22.8 Å². The molecule has 1 aliphatic heterocycles. The third kappa shape index (κ3) is 3.58. The molecule has 2 unspecified atom stereocenters. The zero-order valence-corrected chi connectivity index (χ0v) is 11.2. The summed E-state index contributed by atoms with van der Waals surface area (Å²) in [4.78, 5) is 13.8. The van der Waals surface area contributed by atoms with Crippen LogP contribution in [0, 0.1) is 0 Å². The summed E-state index contributed by atoms with van der Waals surface area (Å²) < 4.78 is 10.3. The summed E-state index contributed by atoms with van der Waals surface area (Å²) >= 11 is 0. The van der Waals surface area contributed by atoms with E-state index in [4.69, 9.17) is 9.15 Å². The predicted octanol–water partition coefficient (Wildman–Crippen LogP) is 1.73. The molecule has 1 amide bonds. The van der Waals surface area contributed by atoms with Crippen LogP contribution in [0.2, 0.25) is 0 Å². The maximum Gasteiger partial charge on any atom is 0.248 e. The highest BCUT2D eigenvalue weighted by atomic mass is 16.5. The van der Waals surface area contributed by atoms with Gasteiger partial charge in [-0.15, -0.1) is 0 Å². The molecule has 2 heterocycles. The molecule has 19 heavy (non-hydrogen) atoms. The molecule has 5 nitrogen and oxygen atoms in total. The van der Waals surface area contributed by atoms with Crippen LogP contribution in [-0.2, 0) is 9.53 Å². The van der Waals surface area contributed by atoms with Gasteiger partial charge in [-0.2, -0.15) is 0 Å². The number of likely N-dealkylation sites (tertiary alicyclic amines) is 1. The molecular weight excluding hydrogens is 246 g/mol. The minimum Gasteiger partial charge on any atom is -0.467 e. The van der Waals surface area contributed by atoms with E-state index in [0.29, 0.717) is 18.8 Å². The molecule has 1 saturated heterocycles. The van der Waals surface area contributed by atoms with Gasteiger partial charge in [-0.05, 0) is 31.9 Å². The monoisotopic (exact) mass is 267 g/mol. The van der Waals surface area contributed by atoms with Crippen molar-refractivity contribution in [3.8, 4) is 0 Å². The van der Waals surface area contributed by atoms with Crippen molar-refractivity contribution in [2.45, 2.75) is 38.3 Å². The topological polar surface area (TPSA) is 62.9 Å². The molecule has 0 aliphatic carbocycles. The number of aliphatic hydroxyl groups excluding tert-OH is 1. The first-order valence-electron chi connectivity index (χ1n) is 6.81. The number of ether oxygens (including phenoxy) is 1. The second kappa shape index (κ2) is 6.73. The van der Waals surface area contributed by atoms with Crippen LogP contribution < -0.4 is 0 Å². The maximum absolute atomic E-state index is 12.0. The Kier molecular flexibility index (Phi) is 4.99. The standard InChI is InChI=1S/C14H21NO4/c1-2-18-10-14(17)15-7-3-5-11(15)9-12(16)13-6-4-8-19-13/h4,6,8,11-12,16H,2-3,5,7,9-10H2,1H3. The minimum atomic E-state index is -0.652. The van der Waals surface area contributed by atoms with E-state index in [1.165, 1.54) is 0 Å². The van der Waals surface area contributed by atoms with Crippen molar-refractivity contribution >= 4 is 5.91 Å². The smallest absolute Gasteiger partial charge is 0.248 e. The van der Waals surface area contributed by atoms with Crippen molar-refractivity contribution in [1.29, 1.82) is 0 Å². The number of hydrogen-bond acceptors (Lipinski definition) is 4. The van der Waals surface area contributed by atoms with Crippen LogP contribution in [0.3, 0.4) is 0 Å². The molecule has 0 radical (unpaired) electrons. The van der Waals surface area contributed by atoms with E-state index in [1.807, 2.05) is 11.8 Å². The van der Waals surface area contributed by atoms with Crippen LogP contribution in [0.25, 0.3) is 0 Å². The summed E-state index contributed by atoms with van der Waals surface area (Å²) in [7, 11) is 0. The van der Waals surface area contributed by atoms with Crippen molar-refractivity contribution < 1.29 is 19.1 Å². The maximum atomic E-state index is 12.0. The van der Waals surface area contributed by atoms with Crippen LogP contribution in [-0.4, -0.2) is 41.7 Å². The van der Waals surface area contributed by atoms with Crippen molar-refractivity contribution in [1.82, 2.24) is 4.90 Å². The van der Waals surface area contributed by atoms with Gasteiger partial charge in [-0.25, -0.2) is 0 Å². The van der Waals surface area contributed by atoms with E-state index >= 15 is 0 Å². The van der Waals surface area contributed by atoms with E-state index < -0.39 is 6.10 Å². The van der Waals surface area contributed by atoms with Gasteiger partial charge in [0.05, 0.1) is 6.26 Å². The van der Waals surface area contributed by atoms with Gasteiger partial charge in [-0.3, -0.25) is 4.79 Å². The van der Waals surface area contributed by atoms with E-state index in [0.717, 1.165) is 19.4 Å². The highest BCUT2D eigenvalue weighted by Crippen LogP contribution is 2.27. The molecule has 2 rings (SSSR count). The lowest BCUT2D eigenvalue weighted by Crippen LogP contribution is -2.38. The molecular formula is C14H21NO4. The number of carbonyl (C=O) groups excluding carboxylic acids is 1. The van der Waals surface area contributed by atoms with Crippen molar-refractivity contribution in [2.24, 2.45) is 0 Å². The first-order valence-corrected chi connectivity index (χ1v) is 6.81. The van der Waals surface area contributed by atoms with Crippen LogP contribution in [0.5, 0.6) is 0 Å². The van der Waals surface area contributed by atoms with Gasteiger partial charge >= 0.3 is 0 Å². The lowest BCUT2D eigenvalue weighted by Gasteiger charge is -2.26. The van der Waals surface area contributed by atoms with Crippen molar-refractivity contribution in [2.75, 3.05) is 19.8 Å². The first kappa shape index (κ1) is 14.1. The van der Waals surface area contributed by atoms with E-state index in [9.17, 15) is 9.90 Å². The average molecular weight is 267 g/mol. The Bertz CT molecular complexity index is 390. The van der Waals surface area contributed by atoms with E-state index in [2.05, 4.69) is 0 Å². The van der Waals surface area contributed by atoms with Gasteiger partial charge in [-0.1, -0.05) is 0 Å². The molecule has 0 bridgehead atoms. The summed E-state index contributed by atoms with van der Waals surface area (Å²) in [5.74, 6) is 0.570. The largest absolute Gasteiger partial charge is 0.467 e. The zero-order chi connectivity index (χ0) is 13.7. The quantitative estimate of drug-likeness (QED) is 0.852. The van der Waals surface area contributed by atoms with E-state index in [-0.39, 0.29) is 18.6 Å². The van der Waals surface area contributed by atoms with Gasteiger partial charge in [0.1, 0.15) is 18.5 Å². The molecule has 1 aromatic rings. The van der Waals surface area contributed by atoms with Crippen molar-refractivity contribution in [3.63, 3.8) is 0 Å². The minimum absolute atomic E-state index is 0.0102. The lowest BCUT2D eigenvalue weighted by molar-refractivity contribution is -0.137. The second-order valence-electron chi connectivity index (χ2n) is 4.79. The van der Waals surface area contributed by atoms with Crippen LogP contribution in [0.1, 0.15) is 38.1 Å². The molecule has 2 atom stereocenters. The van der Waals surface area contributed by atoms with Gasteiger partial charge in [0, 0.05) is 25.6 Å². The van der Waals surface area contributed by atoms with Gasteiger partial charge < -0.3 is 19.2 Å². The van der Waals surface area contributed by atoms with Gasteiger partial charge in [0.2, 0.25) is 5.91 Å². The number of rotatable bonds is 6. The van der Waals surface area contributed by atoms with Crippen molar-refractivity contribution in [3.05, 3.63) is 24.2 Å². The van der Waals surface area contributed by atoms with Crippen LogP contribution in [0.4, 0.5) is 0 Å². The fraction of sp³-hybridized carbons (Fsp3) is 0.643. The Morgan fingerprint density at radius 3 is 3.21 bits per heavy atom. The number of aliphatic hydroxyl groups is 1. The Hall–Kier alpha value is -1.33. The molecule has 5 heteroatoms. The predicted molar refractivity (Wildman–Crippen MR) is 69.5 cm³/mol. The highest BCUT2D eigenvalue weighted by molar-refractivity contribution is 5.78. The SMILES string of the molecule is CCOCC(=O)N1CCCC1CC(O)c1ccco1. The fourth-order valence-corrected chi connectivity index (χ4v) is 2.54. The highest BCUT2D eigenvalue weighted by Gasteiger charge is 2.31. The summed E-state index contributed by atoms with van der Waals surface area (Å²) in [6.45, 7) is 3.29. The summed E-state index contributed by atoms with van der Waals surface area (Å²) in [6, 6.07) is 3.59. The Balaban J connectivity index is 1.90. The Labute approximate surface area is 113 Å². The fourth-order valence-electron chi connectivity index (χ4n) is 2.54. The molecule has 106 valence electrons. The second-order valence-corrected chi connectivity index (χ2v) is 4.79. The molecule has 1 aliphatic rings. The summed E-state index contributed by atoms with van der Waals surface area (Å²) in [5.41, 5.74) is 0. The molecule has 0 saturated carbocycles.